The van der Waals surface area contributed by atoms with Gasteiger partial charge in [-0.25, -0.2) is 0 Å². The Labute approximate surface area is 177 Å². The van der Waals surface area contributed by atoms with Crippen LogP contribution < -0.4 is 9.47 Å². The van der Waals surface area contributed by atoms with Crippen molar-refractivity contribution in [3.63, 3.8) is 0 Å². The number of hydrogen-bond donors (Lipinski definition) is 3. The van der Waals surface area contributed by atoms with Crippen molar-refractivity contribution in [2.24, 2.45) is 0 Å². The molecule has 1 saturated heterocycles. The Bertz CT molecular complexity index is 894. The van der Waals surface area contributed by atoms with Gasteiger partial charge in [-0.2, -0.15) is 0 Å². The van der Waals surface area contributed by atoms with E-state index in [0.717, 1.165) is 39.3 Å². The lowest BCUT2D eigenvalue weighted by Gasteiger charge is -2.36. The fourth-order valence-electron chi connectivity index (χ4n) is 4.32. The Morgan fingerprint density at radius 2 is 1.80 bits per heavy atom. The predicted molar refractivity (Wildman–Crippen MR) is 112 cm³/mol. The molecule has 30 heavy (non-hydrogen) atoms. The number of hydrogen-bond acceptors (Lipinski definition) is 6. The van der Waals surface area contributed by atoms with Gasteiger partial charge in [-0.1, -0.05) is 18.2 Å². The highest BCUT2D eigenvalue weighted by molar-refractivity contribution is 5.47. The van der Waals surface area contributed by atoms with Gasteiger partial charge in [0.1, 0.15) is 13.2 Å². The molecule has 2 aromatic rings. The number of rotatable bonds is 5. The highest BCUT2D eigenvalue weighted by Gasteiger charge is 2.33. The topological polar surface area (TPSA) is 88.4 Å². The summed E-state index contributed by atoms with van der Waals surface area (Å²) >= 11 is 0. The van der Waals surface area contributed by atoms with E-state index in [1.54, 1.807) is 6.92 Å². The predicted octanol–water partition coefficient (Wildman–Crippen LogP) is 2.81. The van der Waals surface area contributed by atoms with Gasteiger partial charge >= 0.3 is 0 Å². The van der Waals surface area contributed by atoms with Crippen LogP contribution in [0.15, 0.2) is 30.3 Å². The summed E-state index contributed by atoms with van der Waals surface area (Å²) in [6.45, 7) is 4.73. The summed E-state index contributed by atoms with van der Waals surface area (Å²) in [6.07, 6.45) is -0.430. The Morgan fingerprint density at radius 3 is 2.53 bits per heavy atom. The molecule has 0 aliphatic carbocycles. The van der Waals surface area contributed by atoms with E-state index in [4.69, 9.17) is 14.2 Å². The Balaban J connectivity index is 1.63. The van der Waals surface area contributed by atoms with Gasteiger partial charge in [0.15, 0.2) is 11.5 Å². The fourth-order valence-corrected chi connectivity index (χ4v) is 4.32. The quantitative estimate of drug-likeness (QED) is 0.697. The van der Waals surface area contributed by atoms with E-state index >= 15 is 0 Å². The molecular weight excluding hydrogens is 384 g/mol. The van der Waals surface area contributed by atoms with Gasteiger partial charge in [-0.15, -0.1) is 0 Å². The summed E-state index contributed by atoms with van der Waals surface area (Å²) in [4.78, 5) is 0. The van der Waals surface area contributed by atoms with Crippen LogP contribution in [0.3, 0.4) is 0 Å². The number of fused-ring (bicyclic) bond motifs is 1. The van der Waals surface area contributed by atoms with E-state index in [1.807, 2.05) is 31.2 Å². The molecule has 162 valence electrons. The minimum Gasteiger partial charge on any atom is -0.486 e. The third-order valence-electron chi connectivity index (χ3n) is 5.98. The van der Waals surface area contributed by atoms with Crippen molar-refractivity contribution < 1.29 is 29.5 Å². The lowest BCUT2D eigenvalue weighted by atomic mass is 9.88. The zero-order valence-corrected chi connectivity index (χ0v) is 17.5. The first-order valence-corrected chi connectivity index (χ1v) is 10.6. The standard InChI is InChI=1S/C24H30O6/c1-14-7-18(13-25)20(23-12-19(27)11-22(30-23)15(2)26)10-17(14)8-16-3-4-21-24(9-16)29-6-5-28-21/h3-4,7,9-10,15,19,22-23,25-27H,5-6,8,11-13H2,1-2H3. The second kappa shape index (κ2) is 8.94. The zero-order chi connectivity index (χ0) is 21.3. The number of aliphatic hydroxyl groups is 3. The fraction of sp³-hybridized carbons (Fsp3) is 0.500. The third kappa shape index (κ3) is 4.47. The van der Waals surface area contributed by atoms with E-state index in [1.165, 1.54) is 0 Å². The summed E-state index contributed by atoms with van der Waals surface area (Å²) < 4.78 is 17.4. The summed E-state index contributed by atoms with van der Waals surface area (Å²) in [5.74, 6) is 1.54. The molecule has 0 spiro atoms. The monoisotopic (exact) mass is 414 g/mol. The van der Waals surface area contributed by atoms with Gasteiger partial charge in [0.05, 0.1) is 31.0 Å². The summed E-state index contributed by atoms with van der Waals surface area (Å²) in [5, 5.41) is 30.2. The molecule has 4 rings (SSSR count). The van der Waals surface area contributed by atoms with Crippen LogP contribution >= 0.6 is 0 Å². The summed E-state index contributed by atoms with van der Waals surface area (Å²) in [7, 11) is 0. The van der Waals surface area contributed by atoms with Crippen molar-refractivity contribution in [1.82, 2.24) is 0 Å². The molecule has 2 heterocycles. The van der Waals surface area contributed by atoms with Gasteiger partial charge in [-0.3, -0.25) is 0 Å². The van der Waals surface area contributed by atoms with Crippen molar-refractivity contribution >= 4 is 0 Å². The molecule has 3 N–H and O–H groups in total. The smallest absolute Gasteiger partial charge is 0.161 e. The largest absolute Gasteiger partial charge is 0.486 e. The average molecular weight is 414 g/mol. The first-order chi connectivity index (χ1) is 14.4. The summed E-state index contributed by atoms with van der Waals surface area (Å²) in [5.41, 5.74) is 4.98. The van der Waals surface area contributed by atoms with Crippen molar-refractivity contribution in [1.29, 1.82) is 0 Å². The molecule has 2 aliphatic heterocycles. The molecule has 1 fully saturated rings. The maximum atomic E-state index is 10.3. The van der Waals surface area contributed by atoms with Gasteiger partial charge in [0, 0.05) is 12.8 Å². The van der Waals surface area contributed by atoms with Crippen molar-refractivity contribution in [2.75, 3.05) is 13.2 Å². The Morgan fingerprint density at radius 1 is 1.03 bits per heavy atom. The molecule has 2 aromatic carbocycles. The zero-order valence-electron chi connectivity index (χ0n) is 17.5. The van der Waals surface area contributed by atoms with Crippen LogP contribution in [0.4, 0.5) is 0 Å². The summed E-state index contributed by atoms with van der Waals surface area (Å²) in [6, 6.07) is 10.1. The molecule has 0 radical (unpaired) electrons. The SMILES string of the molecule is Cc1cc(CO)c(C2CC(O)CC(C(C)O)O2)cc1Cc1ccc2c(c1)OCCO2. The van der Waals surface area contributed by atoms with E-state index in [2.05, 4.69) is 6.07 Å². The van der Waals surface area contributed by atoms with E-state index < -0.39 is 18.3 Å². The second-order valence-electron chi connectivity index (χ2n) is 8.32. The maximum Gasteiger partial charge on any atom is 0.161 e. The molecule has 0 saturated carbocycles. The lowest BCUT2D eigenvalue weighted by Crippen LogP contribution is -2.38. The lowest BCUT2D eigenvalue weighted by molar-refractivity contribution is -0.136. The first kappa shape index (κ1) is 21.1. The maximum absolute atomic E-state index is 10.3. The highest BCUT2D eigenvalue weighted by Crippen LogP contribution is 2.37. The van der Waals surface area contributed by atoms with Gasteiger partial charge in [-0.05, 0) is 60.2 Å². The van der Waals surface area contributed by atoms with Crippen LogP contribution in [0.5, 0.6) is 11.5 Å². The highest BCUT2D eigenvalue weighted by atomic mass is 16.6. The van der Waals surface area contributed by atoms with Crippen LogP contribution in [-0.2, 0) is 17.8 Å². The Hall–Kier alpha value is -2.12. The second-order valence-corrected chi connectivity index (χ2v) is 8.32. The molecule has 0 bridgehead atoms. The first-order valence-electron chi connectivity index (χ1n) is 10.6. The third-order valence-corrected chi connectivity index (χ3v) is 5.98. The van der Waals surface area contributed by atoms with Crippen molar-refractivity contribution in [3.8, 4) is 11.5 Å². The molecule has 0 amide bonds. The number of aryl methyl sites for hydroxylation is 1. The molecular formula is C24H30O6. The van der Waals surface area contributed by atoms with Gasteiger partial charge in [0.2, 0.25) is 0 Å². The molecule has 2 aliphatic rings. The van der Waals surface area contributed by atoms with Crippen molar-refractivity contribution in [2.45, 2.75) is 64.1 Å². The van der Waals surface area contributed by atoms with Crippen LogP contribution in [0.2, 0.25) is 0 Å². The van der Waals surface area contributed by atoms with Crippen molar-refractivity contribution in [3.05, 3.63) is 58.1 Å². The van der Waals surface area contributed by atoms with Crippen LogP contribution in [-0.4, -0.2) is 46.8 Å². The molecule has 4 atom stereocenters. The molecule has 6 nitrogen and oxygen atoms in total. The van der Waals surface area contributed by atoms with Gasteiger partial charge < -0.3 is 29.5 Å². The van der Waals surface area contributed by atoms with Crippen LogP contribution in [0.1, 0.15) is 53.7 Å². The minimum atomic E-state index is -0.664. The molecule has 6 heteroatoms. The molecule has 4 unspecified atom stereocenters. The number of benzene rings is 2. The van der Waals surface area contributed by atoms with E-state index in [9.17, 15) is 15.3 Å². The number of aliphatic hydroxyl groups excluding tert-OH is 3. The van der Waals surface area contributed by atoms with E-state index in [-0.39, 0.29) is 12.7 Å². The van der Waals surface area contributed by atoms with Gasteiger partial charge in [0.25, 0.3) is 0 Å². The Kier molecular flexibility index (Phi) is 6.29. The molecule has 0 aromatic heterocycles. The van der Waals surface area contributed by atoms with Crippen LogP contribution in [0, 0.1) is 6.92 Å². The van der Waals surface area contributed by atoms with Crippen LogP contribution in [0.25, 0.3) is 0 Å². The normalized spacial score (nSPS) is 24.5. The number of ether oxygens (including phenoxy) is 3. The van der Waals surface area contributed by atoms with E-state index in [0.29, 0.717) is 32.5 Å². The average Bonchev–Trinajstić information content (AvgIpc) is 2.74. The minimum absolute atomic E-state index is 0.101.